The first-order chi connectivity index (χ1) is 15.5. The fourth-order valence-corrected chi connectivity index (χ4v) is 3.19. The molecule has 2 aromatic carbocycles. The van der Waals surface area contributed by atoms with E-state index < -0.39 is 11.4 Å². The van der Waals surface area contributed by atoms with Crippen molar-refractivity contribution >= 4 is 22.7 Å². The Labute approximate surface area is 181 Å². The van der Waals surface area contributed by atoms with Crippen LogP contribution in [-0.4, -0.2) is 34.8 Å². The molecule has 9 nitrogen and oxygen atoms in total. The second kappa shape index (κ2) is 8.88. The van der Waals surface area contributed by atoms with Crippen molar-refractivity contribution in [1.29, 1.82) is 0 Å². The number of anilines is 1. The summed E-state index contributed by atoms with van der Waals surface area (Å²) in [6, 6.07) is 10.6. The lowest BCUT2D eigenvalue weighted by Gasteiger charge is -2.12. The average molecular weight is 438 g/mol. The summed E-state index contributed by atoms with van der Waals surface area (Å²) >= 11 is 0. The van der Waals surface area contributed by atoms with E-state index in [-0.39, 0.29) is 35.7 Å². The number of nitrogens with one attached hydrogen (secondary N) is 1. The maximum atomic E-state index is 13.2. The van der Waals surface area contributed by atoms with E-state index in [4.69, 9.17) is 14.0 Å². The summed E-state index contributed by atoms with van der Waals surface area (Å²) in [6.07, 6.45) is 1.30. The Balaban J connectivity index is 1.54. The molecule has 0 saturated carbocycles. The SMILES string of the molecule is COc1ccc(OC)c(NC(=O)CCn2cnc3onc(-c4ccc(F)cc4)c3c2=O)c1. The van der Waals surface area contributed by atoms with Crippen LogP contribution in [0, 0.1) is 5.82 Å². The average Bonchev–Trinajstić information content (AvgIpc) is 3.24. The third kappa shape index (κ3) is 4.15. The Morgan fingerprint density at radius 2 is 1.94 bits per heavy atom. The van der Waals surface area contributed by atoms with Crippen LogP contribution in [0.1, 0.15) is 6.42 Å². The van der Waals surface area contributed by atoms with E-state index in [0.717, 1.165) is 0 Å². The van der Waals surface area contributed by atoms with Crippen molar-refractivity contribution in [2.45, 2.75) is 13.0 Å². The second-order valence-electron chi connectivity index (χ2n) is 6.83. The lowest BCUT2D eigenvalue weighted by atomic mass is 10.1. The Morgan fingerprint density at radius 3 is 2.66 bits per heavy atom. The van der Waals surface area contributed by atoms with Crippen LogP contribution in [0.4, 0.5) is 10.1 Å². The molecule has 0 bridgehead atoms. The molecule has 4 rings (SSSR count). The Hall–Kier alpha value is -4.21. The number of benzene rings is 2. The molecule has 0 unspecified atom stereocenters. The number of methoxy groups -OCH3 is 2. The summed E-state index contributed by atoms with van der Waals surface area (Å²) in [5.74, 6) is 0.309. The summed E-state index contributed by atoms with van der Waals surface area (Å²) < 4.78 is 30.1. The summed E-state index contributed by atoms with van der Waals surface area (Å²) in [5, 5.41) is 6.82. The van der Waals surface area contributed by atoms with Crippen LogP contribution in [-0.2, 0) is 11.3 Å². The number of carbonyl (C=O) groups excluding carboxylic acids is 1. The first-order valence-corrected chi connectivity index (χ1v) is 9.63. The molecule has 0 atom stereocenters. The number of rotatable bonds is 7. The third-order valence-corrected chi connectivity index (χ3v) is 4.84. The summed E-state index contributed by atoms with van der Waals surface area (Å²) in [5.41, 5.74) is 0.885. The molecule has 10 heteroatoms. The highest BCUT2D eigenvalue weighted by molar-refractivity contribution is 5.92. The fourth-order valence-electron chi connectivity index (χ4n) is 3.19. The van der Waals surface area contributed by atoms with Crippen LogP contribution in [0.25, 0.3) is 22.4 Å². The van der Waals surface area contributed by atoms with Crippen molar-refractivity contribution in [3.05, 3.63) is 65.0 Å². The zero-order valence-corrected chi connectivity index (χ0v) is 17.3. The molecule has 2 heterocycles. The van der Waals surface area contributed by atoms with Crippen LogP contribution in [0.15, 0.2) is 58.1 Å². The van der Waals surface area contributed by atoms with Gasteiger partial charge in [0.05, 0.1) is 19.9 Å². The minimum Gasteiger partial charge on any atom is -0.497 e. The molecular formula is C22H19FN4O5. The van der Waals surface area contributed by atoms with Crippen molar-refractivity contribution in [2.24, 2.45) is 0 Å². The van der Waals surface area contributed by atoms with Crippen molar-refractivity contribution in [3.63, 3.8) is 0 Å². The zero-order chi connectivity index (χ0) is 22.7. The van der Waals surface area contributed by atoms with Crippen LogP contribution in [0.3, 0.4) is 0 Å². The Kier molecular flexibility index (Phi) is 5.84. The van der Waals surface area contributed by atoms with Gasteiger partial charge in [0.25, 0.3) is 11.3 Å². The number of carbonyl (C=O) groups is 1. The number of halogens is 1. The highest BCUT2D eigenvalue weighted by Crippen LogP contribution is 2.29. The van der Waals surface area contributed by atoms with Gasteiger partial charge in [-0.05, 0) is 36.4 Å². The highest BCUT2D eigenvalue weighted by Gasteiger charge is 2.18. The molecule has 164 valence electrons. The van der Waals surface area contributed by atoms with E-state index >= 15 is 0 Å². The Bertz CT molecular complexity index is 1330. The lowest BCUT2D eigenvalue weighted by Crippen LogP contribution is -2.23. The number of amides is 1. The third-order valence-electron chi connectivity index (χ3n) is 4.84. The normalized spacial score (nSPS) is 10.8. The topological polar surface area (TPSA) is 108 Å². The summed E-state index contributed by atoms with van der Waals surface area (Å²) in [4.78, 5) is 29.6. The number of aryl methyl sites for hydroxylation is 1. The molecule has 0 aliphatic rings. The molecule has 0 spiro atoms. The van der Waals surface area contributed by atoms with E-state index in [2.05, 4.69) is 15.5 Å². The van der Waals surface area contributed by atoms with E-state index in [0.29, 0.717) is 22.7 Å². The molecule has 1 N–H and O–H groups in total. The molecule has 0 radical (unpaired) electrons. The predicted molar refractivity (Wildman–Crippen MR) is 114 cm³/mol. The van der Waals surface area contributed by atoms with Crippen LogP contribution in [0.2, 0.25) is 0 Å². The number of ether oxygens (including phenoxy) is 2. The van der Waals surface area contributed by atoms with Crippen LogP contribution in [0.5, 0.6) is 11.5 Å². The molecule has 0 aliphatic carbocycles. The van der Waals surface area contributed by atoms with E-state index in [9.17, 15) is 14.0 Å². The van der Waals surface area contributed by atoms with Gasteiger partial charge in [-0.1, -0.05) is 5.16 Å². The van der Waals surface area contributed by atoms with Crippen molar-refractivity contribution in [1.82, 2.24) is 14.7 Å². The number of hydrogen-bond acceptors (Lipinski definition) is 7. The van der Waals surface area contributed by atoms with E-state index in [1.54, 1.807) is 18.2 Å². The zero-order valence-electron chi connectivity index (χ0n) is 17.3. The first-order valence-electron chi connectivity index (χ1n) is 9.63. The molecule has 0 aliphatic heterocycles. The van der Waals surface area contributed by atoms with Gasteiger partial charge in [-0.15, -0.1) is 0 Å². The minimum absolute atomic E-state index is 0.00458. The summed E-state index contributed by atoms with van der Waals surface area (Å²) in [7, 11) is 3.02. The largest absolute Gasteiger partial charge is 0.497 e. The molecular weight excluding hydrogens is 419 g/mol. The predicted octanol–water partition coefficient (Wildman–Crippen LogP) is 3.24. The second-order valence-corrected chi connectivity index (χ2v) is 6.83. The fraction of sp³-hybridized carbons (Fsp3) is 0.182. The highest BCUT2D eigenvalue weighted by atomic mass is 19.1. The van der Waals surface area contributed by atoms with Crippen LogP contribution < -0.4 is 20.3 Å². The maximum absolute atomic E-state index is 13.2. The monoisotopic (exact) mass is 438 g/mol. The van der Waals surface area contributed by atoms with Gasteiger partial charge < -0.3 is 19.3 Å². The van der Waals surface area contributed by atoms with Gasteiger partial charge in [0.1, 0.15) is 34.7 Å². The molecule has 0 saturated heterocycles. The number of hydrogen-bond donors (Lipinski definition) is 1. The van der Waals surface area contributed by atoms with Gasteiger partial charge in [-0.2, -0.15) is 0 Å². The van der Waals surface area contributed by atoms with Crippen molar-refractivity contribution in [2.75, 3.05) is 19.5 Å². The van der Waals surface area contributed by atoms with E-state index in [1.165, 1.54) is 49.4 Å². The van der Waals surface area contributed by atoms with Crippen molar-refractivity contribution in [3.8, 4) is 22.8 Å². The molecule has 1 amide bonds. The van der Waals surface area contributed by atoms with Gasteiger partial charge >= 0.3 is 0 Å². The van der Waals surface area contributed by atoms with E-state index in [1.807, 2.05) is 0 Å². The molecule has 0 fully saturated rings. The first kappa shape index (κ1) is 21.0. The minimum atomic E-state index is -0.415. The van der Waals surface area contributed by atoms with Gasteiger partial charge in [0, 0.05) is 24.6 Å². The number of nitrogens with zero attached hydrogens (tertiary/aromatic N) is 3. The number of aromatic nitrogens is 3. The van der Waals surface area contributed by atoms with Gasteiger partial charge in [0.2, 0.25) is 5.91 Å². The maximum Gasteiger partial charge on any atom is 0.266 e. The molecule has 2 aromatic heterocycles. The van der Waals surface area contributed by atoms with Gasteiger partial charge in [-0.25, -0.2) is 9.37 Å². The Morgan fingerprint density at radius 1 is 1.16 bits per heavy atom. The van der Waals surface area contributed by atoms with Gasteiger partial charge in [-0.3, -0.25) is 14.2 Å². The molecule has 32 heavy (non-hydrogen) atoms. The summed E-state index contributed by atoms with van der Waals surface area (Å²) in [6.45, 7) is 0.0773. The van der Waals surface area contributed by atoms with Crippen molar-refractivity contribution < 1.29 is 23.2 Å². The lowest BCUT2D eigenvalue weighted by molar-refractivity contribution is -0.116. The number of fused-ring (bicyclic) bond motifs is 1. The standard InChI is InChI=1S/C22H19FN4O5/c1-30-15-7-8-17(31-2)16(11-15)25-18(28)9-10-27-12-24-21-19(22(27)29)20(26-32-21)13-3-5-14(23)6-4-13/h3-8,11-12H,9-10H2,1-2H3,(H,25,28). The smallest absolute Gasteiger partial charge is 0.266 e. The van der Waals surface area contributed by atoms with Gasteiger partial charge in [0.15, 0.2) is 0 Å². The molecule has 4 aromatic rings. The van der Waals surface area contributed by atoms with Crippen LogP contribution >= 0.6 is 0 Å². The quantitative estimate of drug-likeness (QED) is 0.472.